The highest BCUT2D eigenvalue weighted by Gasteiger charge is 2.30. The molecule has 2 aromatic carbocycles. The first-order valence-corrected chi connectivity index (χ1v) is 8.55. The van der Waals surface area contributed by atoms with Gasteiger partial charge in [-0.1, -0.05) is 35.0 Å². The molecule has 0 unspecified atom stereocenters. The van der Waals surface area contributed by atoms with E-state index >= 15 is 0 Å². The fourth-order valence-electron chi connectivity index (χ4n) is 2.89. The zero-order chi connectivity index (χ0) is 17.2. The molecule has 0 saturated heterocycles. The first-order chi connectivity index (χ1) is 12.2. The molecule has 1 heterocycles. The van der Waals surface area contributed by atoms with E-state index in [1.54, 1.807) is 0 Å². The summed E-state index contributed by atoms with van der Waals surface area (Å²) in [6.07, 6.45) is 2.37. The third-order valence-corrected chi connectivity index (χ3v) is 4.47. The maximum atomic E-state index is 13.1. The Bertz CT molecular complexity index is 838. The van der Waals surface area contributed by atoms with E-state index in [0.717, 1.165) is 17.7 Å². The van der Waals surface area contributed by atoms with Crippen LogP contribution in [0.1, 0.15) is 29.8 Å². The molecule has 0 aliphatic heterocycles. The summed E-state index contributed by atoms with van der Waals surface area (Å²) in [5.41, 5.74) is 3.22. The van der Waals surface area contributed by atoms with Crippen molar-refractivity contribution in [3.63, 3.8) is 0 Å². The van der Waals surface area contributed by atoms with Gasteiger partial charge < -0.3 is 4.52 Å². The van der Waals surface area contributed by atoms with Gasteiger partial charge in [-0.15, -0.1) is 0 Å². The van der Waals surface area contributed by atoms with Gasteiger partial charge in [-0.3, -0.25) is 4.90 Å². The fraction of sp³-hybridized carbons (Fsp3) is 0.300. The molecule has 0 bridgehead atoms. The van der Waals surface area contributed by atoms with Crippen molar-refractivity contribution in [2.24, 2.45) is 0 Å². The monoisotopic (exact) mass is 337 g/mol. The number of aryl methyl sites for hydroxylation is 1. The Morgan fingerprint density at radius 1 is 1.04 bits per heavy atom. The minimum Gasteiger partial charge on any atom is -0.334 e. The Morgan fingerprint density at radius 2 is 1.76 bits per heavy atom. The van der Waals surface area contributed by atoms with Crippen molar-refractivity contribution in [3.8, 4) is 11.5 Å². The zero-order valence-corrected chi connectivity index (χ0v) is 14.2. The van der Waals surface area contributed by atoms with Crippen LogP contribution in [0.3, 0.4) is 0 Å². The van der Waals surface area contributed by atoms with E-state index in [1.165, 1.54) is 30.5 Å². The highest BCUT2D eigenvalue weighted by molar-refractivity contribution is 5.53. The number of nitrogens with zero attached hydrogens (tertiary/aromatic N) is 3. The lowest BCUT2D eigenvalue weighted by atomic mass is 10.1. The normalized spacial score (nSPS) is 14.2. The van der Waals surface area contributed by atoms with Crippen LogP contribution in [-0.2, 0) is 13.1 Å². The van der Waals surface area contributed by atoms with Crippen LogP contribution in [0.5, 0.6) is 0 Å². The Hall–Kier alpha value is -2.53. The Labute approximate surface area is 146 Å². The summed E-state index contributed by atoms with van der Waals surface area (Å²) in [6, 6.07) is 15.3. The third kappa shape index (κ3) is 3.94. The molecule has 1 fully saturated rings. The number of aromatic nitrogens is 2. The van der Waals surface area contributed by atoms with Crippen LogP contribution in [-0.4, -0.2) is 21.1 Å². The standard InChI is InChI=1S/C20H20FN3O/c1-14-2-6-16(7-3-14)20-22-19(23-25-20)13-24(18-10-11-18)12-15-4-8-17(21)9-5-15/h2-9,18H,10-13H2,1H3. The van der Waals surface area contributed by atoms with E-state index < -0.39 is 0 Å². The summed E-state index contributed by atoms with van der Waals surface area (Å²) in [5.74, 6) is 1.03. The number of halogens is 1. The summed E-state index contributed by atoms with van der Waals surface area (Å²) >= 11 is 0. The average molecular weight is 337 g/mol. The van der Waals surface area contributed by atoms with Crippen molar-refractivity contribution >= 4 is 0 Å². The first kappa shape index (κ1) is 16.0. The molecular formula is C20H20FN3O. The van der Waals surface area contributed by atoms with Crippen LogP contribution in [0.25, 0.3) is 11.5 Å². The van der Waals surface area contributed by atoms with E-state index in [4.69, 9.17) is 4.52 Å². The van der Waals surface area contributed by atoms with Crippen molar-refractivity contribution in [1.82, 2.24) is 15.0 Å². The first-order valence-electron chi connectivity index (χ1n) is 8.55. The second kappa shape index (κ2) is 6.76. The highest BCUT2D eigenvalue weighted by atomic mass is 19.1. The maximum absolute atomic E-state index is 13.1. The molecule has 4 rings (SSSR count). The lowest BCUT2D eigenvalue weighted by Gasteiger charge is -2.20. The summed E-state index contributed by atoms with van der Waals surface area (Å²) in [4.78, 5) is 6.87. The smallest absolute Gasteiger partial charge is 0.257 e. The van der Waals surface area contributed by atoms with Gasteiger partial charge in [-0.2, -0.15) is 4.98 Å². The molecule has 5 heteroatoms. The summed E-state index contributed by atoms with van der Waals surface area (Å²) < 4.78 is 18.5. The fourth-order valence-corrected chi connectivity index (χ4v) is 2.89. The third-order valence-electron chi connectivity index (χ3n) is 4.47. The van der Waals surface area contributed by atoms with Crippen molar-refractivity contribution in [2.45, 2.75) is 38.9 Å². The summed E-state index contributed by atoms with van der Waals surface area (Å²) in [6.45, 7) is 3.45. The van der Waals surface area contributed by atoms with E-state index in [2.05, 4.69) is 15.0 Å². The van der Waals surface area contributed by atoms with Gasteiger partial charge in [-0.25, -0.2) is 4.39 Å². The largest absolute Gasteiger partial charge is 0.334 e. The van der Waals surface area contributed by atoms with Gasteiger partial charge in [0.15, 0.2) is 5.82 Å². The number of hydrogen-bond acceptors (Lipinski definition) is 4. The van der Waals surface area contributed by atoms with E-state index in [-0.39, 0.29) is 5.82 Å². The van der Waals surface area contributed by atoms with Gasteiger partial charge >= 0.3 is 0 Å². The average Bonchev–Trinajstić information content (AvgIpc) is 3.36. The van der Waals surface area contributed by atoms with Crippen LogP contribution in [0.2, 0.25) is 0 Å². The van der Waals surface area contributed by atoms with Crippen LogP contribution >= 0.6 is 0 Å². The maximum Gasteiger partial charge on any atom is 0.257 e. The molecule has 4 nitrogen and oxygen atoms in total. The molecule has 25 heavy (non-hydrogen) atoms. The predicted molar refractivity (Wildman–Crippen MR) is 93.1 cm³/mol. The molecule has 1 saturated carbocycles. The number of benzene rings is 2. The van der Waals surface area contributed by atoms with Crippen LogP contribution < -0.4 is 0 Å². The van der Waals surface area contributed by atoms with Gasteiger partial charge in [0.2, 0.25) is 0 Å². The molecule has 3 aromatic rings. The number of hydrogen-bond donors (Lipinski definition) is 0. The van der Waals surface area contributed by atoms with E-state index in [1.807, 2.05) is 43.3 Å². The van der Waals surface area contributed by atoms with Crippen LogP contribution in [0.15, 0.2) is 53.1 Å². The Morgan fingerprint density at radius 3 is 2.44 bits per heavy atom. The quantitative estimate of drug-likeness (QED) is 0.671. The predicted octanol–water partition coefficient (Wildman–Crippen LogP) is 4.35. The Kier molecular flexibility index (Phi) is 4.32. The van der Waals surface area contributed by atoms with Crippen molar-refractivity contribution in [2.75, 3.05) is 0 Å². The van der Waals surface area contributed by atoms with Crippen LogP contribution in [0.4, 0.5) is 4.39 Å². The molecule has 0 radical (unpaired) electrons. The van der Waals surface area contributed by atoms with Crippen molar-refractivity contribution in [1.29, 1.82) is 0 Å². The minimum atomic E-state index is -0.206. The Balaban J connectivity index is 1.47. The lowest BCUT2D eigenvalue weighted by Crippen LogP contribution is -2.25. The second-order valence-electron chi connectivity index (χ2n) is 6.64. The molecule has 1 aromatic heterocycles. The summed E-state index contributed by atoms with van der Waals surface area (Å²) in [5, 5.41) is 4.13. The topological polar surface area (TPSA) is 42.2 Å². The molecule has 128 valence electrons. The van der Waals surface area contributed by atoms with Crippen LogP contribution in [0, 0.1) is 12.7 Å². The molecule has 0 amide bonds. The van der Waals surface area contributed by atoms with Gasteiger partial charge in [0.25, 0.3) is 5.89 Å². The van der Waals surface area contributed by atoms with Gasteiger partial charge in [0.05, 0.1) is 6.54 Å². The second-order valence-corrected chi connectivity index (χ2v) is 6.64. The van der Waals surface area contributed by atoms with Crippen molar-refractivity contribution < 1.29 is 8.91 Å². The molecule has 1 aliphatic carbocycles. The highest BCUT2D eigenvalue weighted by Crippen LogP contribution is 2.30. The zero-order valence-electron chi connectivity index (χ0n) is 14.2. The molecule has 0 atom stereocenters. The van der Waals surface area contributed by atoms with E-state index in [9.17, 15) is 4.39 Å². The van der Waals surface area contributed by atoms with Crippen molar-refractivity contribution in [3.05, 3.63) is 71.3 Å². The van der Waals surface area contributed by atoms with Gasteiger partial charge in [0.1, 0.15) is 5.82 Å². The molecular weight excluding hydrogens is 317 g/mol. The molecule has 1 aliphatic rings. The minimum absolute atomic E-state index is 0.206. The number of rotatable bonds is 6. The summed E-state index contributed by atoms with van der Waals surface area (Å²) in [7, 11) is 0. The molecule has 0 spiro atoms. The van der Waals surface area contributed by atoms with E-state index in [0.29, 0.717) is 24.3 Å². The van der Waals surface area contributed by atoms with Gasteiger partial charge in [0, 0.05) is 18.2 Å². The van der Waals surface area contributed by atoms with Gasteiger partial charge in [-0.05, 0) is 49.6 Å². The SMILES string of the molecule is Cc1ccc(-c2nc(CN(Cc3ccc(F)cc3)C3CC3)no2)cc1. The molecule has 0 N–H and O–H groups in total. The lowest BCUT2D eigenvalue weighted by molar-refractivity contribution is 0.235.